The highest BCUT2D eigenvalue weighted by Gasteiger charge is 2.63. The molecule has 5 aliphatic carbocycles. The van der Waals surface area contributed by atoms with E-state index in [4.69, 9.17) is 10.5 Å². The third-order valence-corrected chi connectivity index (χ3v) is 10.6. The molecule has 2 saturated carbocycles. The number of primary amides is 1. The number of methoxy groups -OCH3 is 1. The zero-order valence-electron chi connectivity index (χ0n) is 24.4. The molecule has 6 N–H and O–H groups in total. The van der Waals surface area contributed by atoms with Crippen molar-refractivity contribution in [2.24, 2.45) is 29.4 Å². The van der Waals surface area contributed by atoms with Gasteiger partial charge < -0.3 is 30.9 Å². The maximum absolute atomic E-state index is 14.0. The number of aliphatic hydroxyl groups is 3. The number of phenolic OH excluding ortho intramolecular Hbond substituents is 1. The van der Waals surface area contributed by atoms with Gasteiger partial charge in [-0.2, -0.15) is 0 Å². The largest absolute Gasteiger partial charge is 0.510 e. The molecule has 1 amide bonds. The SMILES string of the molecule is COc1c(CN(C)[C@@H]2CC3CCC2C3)cc(O)c2c1C[C@H]1C[C@H]3[C@H](N(C)C)C(O)=C(C(N)=O)C(=O)[C@@]3(O)C(O)=C1C2=O. The van der Waals surface area contributed by atoms with E-state index in [1.165, 1.54) is 37.3 Å². The molecule has 42 heavy (non-hydrogen) atoms. The first-order valence-electron chi connectivity index (χ1n) is 14.6. The minimum absolute atomic E-state index is 0.0327. The second-order valence-corrected chi connectivity index (χ2v) is 13.1. The number of likely N-dealkylation sites (N-methyl/N-ethyl adjacent to an activating group) is 1. The van der Waals surface area contributed by atoms with Gasteiger partial charge >= 0.3 is 0 Å². The number of aromatic hydroxyl groups is 1. The molecule has 0 spiro atoms. The van der Waals surface area contributed by atoms with Crippen molar-refractivity contribution in [3.05, 3.63) is 45.4 Å². The predicted molar refractivity (Wildman–Crippen MR) is 151 cm³/mol. The van der Waals surface area contributed by atoms with Crippen LogP contribution in [0.3, 0.4) is 0 Å². The van der Waals surface area contributed by atoms with Crippen molar-refractivity contribution in [3.63, 3.8) is 0 Å². The fourth-order valence-electron chi connectivity index (χ4n) is 8.87. The Morgan fingerprint density at radius 2 is 1.83 bits per heavy atom. The van der Waals surface area contributed by atoms with E-state index in [2.05, 4.69) is 11.9 Å². The van der Waals surface area contributed by atoms with Crippen molar-refractivity contribution in [2.45, 2.75) is 62.8 Å². The summed E-state index contributed by atoms with van der Waals surface area (Å²) < 4.78 is 5.86. The van der Waals surface area contributed by atoms with Crippen LogP contribution < -0.4 is 10.5 Å². The van der Waals surface area contributed by atoms with Crippen LogP contribution in [-0.2, 0) is 22.6 Å². The number of hydrogen-bond acceptors (Lipinski definition) is 10. The van der Waals surface area contributed by atoms with Crippen LogP contribution in [-0.4, -0.2) is 93.6 Å². The van der Waals surface area contributed by atoms with Gasteiger partial charge in [-0.15, -0.1) is 0 Å². The summed E-state index contributed by atoms with van der Waals surface area (Å²) in [5.74, 6) is -4.74. The molecule has 5 aliphatic rings. The summed E-state index contributed by atoms with van der Waals surface area (Å²) in [6.45, 7) is 0.527. The normalized spacial score (nSPS) is 33.8. The molecule has 1 aromatic rings. The Kier molecular flexibility index (Phi) is 6.71. The summed E-state index contributed by atoms with van der Waals surface area (Å²) in [6, 6.07) is 0.943. The van der Waals surface area contributed by atoms with E-state index in [0.717, 1.165) is 17.9 Å². The van der Waals surface area contributed by atoms with Gasteiger partial charge in [-0.05, 0) is 77.1 Å². The Morgan fingerprint density at radius 1 is 1.12 bits per heavy atom. The number of carbonyl (C=O) groups excluding carboxylic acids is 3. The molecule has 7 atom stereocenters. The van der Waals surface area contributed by atoms with E-state index >= 15 is 0 Å². The fourth-order valence-corrected chi connectivity index (χ4v) is 8.87. The Labute approximate surface area is 244 Å². The molecule has 0 heterocycles. The average molecular weight is 582 g/mol. The second kappa shape index (κ2) is 9.82. The van der Waals surface area contributed by atoms with Gasteiger partial charge in [0.1, 0.15) is 28.6 Å². The van der Waals surface area contributed by atoms with Crippen LogP contribution in [0.2, 0.25) is 0 Å². The van der Waals surface area contributed by atoms with E-state index in [1.807, 2.05) is 0 Å². The monoisotopic (exact) mass is 581 g/mol. The molecule has 0 aliphatic heterocycles. The summed E-state index contributed by atoms with van der Waals surface area (Å²) in [4.78, 5) is 43.4. The van der Waals surface area contributed by atoms with Gasteiger partial charge in [0, 0.05) is 35.2 Å². The van der Waals surface area contributed by atoms with Crippen molar-refractivity contribution >= 4 is 17.5 Å². The van der Waals surface area contributed by atoms with E-state index in [-0.39, 0.29) is 29.7 Å². The number of nitrogens with two attached hydrogens (primary N) is 1. The van der Waals surface area contributed by atoms with Gasteiger partial charge in [0.15, 0.2) is 11.4 Å². The van der Waals surface area contributed by atoms with Crippen LogP contribution in [0, 0.1) is 23.7 Å². The molecule has 6 rings (SSSR count). The van der Waals surface area contributed by atoms with E-state index in [9.17, 15) is 34.8 Å². The Bertz CT molecular complexity index is 1460. The van der Waals surface area contributed by atoms with Crippen LogP contribution in [0.25, 0.3) is 0 Å². The quantitative estimate of drug-likeness (QED) is 0.311. The van der Waals surface area contributed by atoms with E-state index in [0.29, 0.717) is 29.8 Å². The van der Waals surface area contributed by atoms with E-state index < -0.39 is 58.0 Å². The molecule has 2 unspecified atom stereocenters. The molecule has 0 aromatic heterocycles. The molecular weight excluding hydrogens is 542 g/mol. The van der Waals surface area contributed by atoms with Crippen LogP contribution in [0.4, 0.5) is 0 Å². The number of benzene rings is 1. The van der Waals surface area contributed by atoms with E-state index in [1.54, 1.807) is 14.1 Å². The first kappa shape index (κ1) is 28.7. The lowest BCUT2D eigenvalue weighted by atomic mass is 9.58. The van der Waals surface area contributed by atoms with Crippen molar-refractivity contribution in [1.29, 1.82) is 0 Å². The summed E-state index contributed by atoms with van der Waals surface area (Å²) in [7, 11) is 6.81. The average Bonchev–Trinajstić information content (AvgIpc) is 3.54. The fraction of sp³-hybridized carbons (Fsp3) is 0.581. The second-order valence-electron chi connectivity index (χ2n) is 13.1. The predicted octanol–water partition coefficient (Wildman–Crippen LogP) is 1.75. The van der Waals surface area contributed by atoms with Crippen molar-refractivity contribution < 1.29 is 39.5 Å². The number of phenols is 1. The maximum Gasteiger partial charge on any atom is 0.255 e. The topological polar surface area (TPSA) is 174 Å². The highest BCUT2D eigenvalue weighted by atomic mass is 16.5. The number of fused-ring (bicyclic) bond motifs is 5. The van der Waals surface area contributed by atoms with Crippen LogP contribution in [0.1, 0.15) is 53.6 Å². The number of nitrogens with zero attached hydrogens (tertiary/aromatic N) is 2. The molecule has 2 bridgehead atoms. The first-order valence-corrected chi connectivity index (χ1v) is 14.6. The first-order chi connectivity index (χ1) is 19.8. The van der Waals surface area contributed by atoms with Crippen LogP contribution >= 0.6 is 0 Å². The van der Waals surface area contributed by atoms with Crippen molar-refractivity contribution in [2.75, 3.05) is 28.3 Å². The zero-order chi connectivity index (χ0) is 30.4. The summed E-state index contributed by atoms with van der Waals surface area (Å²) in [6.07, 6.45) is 5.16. The number of aliphatic hydroxyl groups excluding tert-OH is 2. The number of amides is 1. The molecule has 2 fully saturated rings. The molecule has 1 aromatic carbocycles. The lowest BCUT2D eigenvalue weighted by molar-refractivity contribution is -0.148. The minimum Gasteiger partial charge on any atom is -0.510 e. The molecular formula is C31H39N3O8. The van der Waals surface area contributed by atoms with Crippen LogP contribution in [0.5, 0.6) is 11.5 Å². The summed E-state index contributed by atoms with van der Waals surface area (Å²) in [5.41, 5.74) is 2.95. The standard InChI is InChI=1S/C31H39N3O8/c1-33(2)24-18-10-15-9-17-22(25(36)21(15)28(38)31(18,41)29(39)23(26(24)37)30(32)40)20(35)11-16(27(17)42-4)12-34(3)19-8-13-5-6-14(19)7-13/h11,13-15,18-19,24,35,37-38,41H,5-10,12H2,1-4H3,(H2,32,40)/t13?,14?,15-,18-,19+,24-,31-/m0/s1. The van der Waals surface area contributed by atoms with Crippen molar-refractivity contribution in [3.8, 4) is 11.5 Å². The number of ketones is 2. The highest BCUT2D eigenvalue weighted by molar-refractivity contribution is 6.24. The maximum atomic E-state index is 14.0. The lowest BCUT2D eigenvalue weighted by Crippen LogP contribution is -2.63. The summed E-state index contributed by atoms with van der Waals surface area (Å²) >= 11 is 0. The third kappa shape index (κ3) is 3.86. The number of Topliss-reactive ketones (excluding diaryl/α,β-unsaturated/α-hetero) is 2. The van der Waals surface area contributed by atoms with Gasteiger partial charge in [-0.3, -0.25) is 24.2 Å². The molecule has 11 heteroatoms. The van der Waals surface area contributed by atoms with Gasteiger partial charge in [-0.1, -0.05) is 6.42 Å². The third-order valence-electron chi connectivity index (χ3n) is 10.6. The molecule has 0 radical (unpaired) electrons. The highest BCUT2D eigenvalue weighted by Crippen LogP contribution is 2.54. The number of ether oxygens (including phenoxy) is 1. The number of allylic oxidation sites excluding steroid dienone is 1. The molecule has 0 saturated heterocycles. The van der Waals surface area contributed by atoms with Crippen LogP contribution in [0.15, 0.2) is 28.7 Å². The number of rotatable bonds is 6. The lowest BCUT2D eigenvalue weighted by Gasteiger charge is -2.50. The molecule has 226 valence electrons. The smallest absolute Gasteiger partial charge is 0.255 e. The number of hydrogen-bond donors (Lipinski definition) is 5. The Morgan fingerprint density at radius 3 is 2.40 bits per heavy atom. The van der Waals surface area contributed by atoms with Gasteiger partial charge in [0.25, 0.3) is 5.91 Å². The van der Waals surface area contributed by atoms with Gasteiger partial charge in [0.2, 0.25) is 5.78 Å². The number of carbonyl (C=O) groups is 3. The van der Waals surface area contributed by atoms with Crippen molar-refractivity contribution in [1.82, 2.24) is 9.80 Å². The van der Waals surface area contributed by atoms with Gasteiger partial charge in [0.05, 0.1) is 18.7 Å². The van der Waals surface area contributed by atoms with Gasteiger partial charge in [-0.25, -0.2) is 0 Å². The summed E-state index contributed by atoms with van der Waals surface area (Å²) in [5, 5.41) is 45.3. The Balaban J connectivity index is 1.43. The zero-order valence-corrected chi connectivity index (χ0v) is 24.4. The Hall–Kier alpha value is -3.41. The molecule has 11 nitrogen and oxygen atoms in total. The minimum atomic E-state index is -2.66.